The summed E-state index contributed by atoms with van der Waals surface area (Å²) >= 11 is 0. The number of carbonyl (C=O) groups excluding carboxylic acids is 2. The second kappa shape index (κ2) is 8.57. The highest BCUT2D eigenvalue weighted by molar-refractivity contribution is 5.96. The Bertz CT molecular complexity index is 1210. The van der Waals surface area contributed by atoms with Gasteiger partial charge in [0.15, 0.2) is 5.69 Å². The molecule has 0 saturated carbocycles. The van der Waals surface area contributed by atoms with E-state index in [2.05, 4.69) is 10.3 Å². The lowest BCUT2D eigenvalue weighted by atomic mass is 9.97. The number of para-hydroxylation sites is 1. The van der Waals surface area contributed by atoms with Gasteiger partial charge in [0.25, 0.3) is 11.8 Å². The summed E-state index contributed by atoms with van der Waals surface area (Å²) in [6, 6.07) is 8.77. The molecular weight excluding hydrogens is 410 g/mol. The van der Waals surface area contributed by atoms with E-state index < -0.39 is 5.63 Å². The number of fused-ring (bicyclic) bond motifs is 1. The van der Waals surface area contributed by atoms with Gasteiger partial charge in [-0.05, 0) is 43.7 Å². The predicted octanol–water partition coefficient (Wildman–Crippen LogP) is 2.17. The third-order valence-electron chi connectivity index (χ3n) is 6.27. The quantitative estimate of drug-likeness (QED) is 0.582. The highest BCUT2D eigenvalue weighted by Gasteiger charge is 2.28. The number of piperidine rings is 1. The van der Waals surface area contributed by atoms with Gasteiger partial charge in [0.05, 0.1) is 6.20 Å². The second-order valence-corrected chi connectivity index (χ2v) is 8.57. The Balaban J connectivity index is 1.27. The van der Waals surface area contributed by atoms with E-state index >= 15 is 0 Å². The summed E-state index contributed by atoms with van der Waals surface area (Å²) in [4.78, 5) is 41.5. The second-order valence-electron chi connectivity index (χ2n) is 8.57. The molecule has 32 heavy (non-hydrogen) atoms. The van der Waals surface area contributed by atoms with Crippen LogP contribution >= 0.6 is 0 Å². The maximum Gasteiger partial charge on any atom is 0.349 e. The molecule has 1 atom stereocenters. The summed E-state index contributed by atoms with van der Waals surface area (Å²) in [6.45, 7) is 3.22. The molecule has 0 radical (unpaired) electrons. The smallest absolute Gasteiger partial charge is 0.349 e. The number of hydrogen-bond donors (Lipinski definition) is 0. The zero-order chi connectivity index (χ0) is 22.1. The number of carbonyl (C=O) groups is 2. The average molecular weight is 435 g/mol. The summed E-state index contributed by atoms with van der Waals surface area (Å²) in [6.07, 6.45) is 5.52. The maximum absolute atomic E-state index is 13.1. The van der Waals surface area contributed by atoms with E-state index in [9.17, 15) is 14.4 Å². The van der Waals surface area contributed by atoms with Gasteiger partial charge in [-0.15, -0.1) is 5.10 Å². The third kappa shape index (κ3) is 4.02. The fraction of sp³-hybridized carbons (Fsp3) is 0.435. The van der Waals surface area contributed by atoms with Gasteiger partial charge >= 0.3 is 5.63 Å². The van der Waals surface area contributed by atoms with Gasteiger partial charge in [-0.1, -0.05) is 23.4 Å². The van der Waals surface area contributed by atoms with Gasteiger partial charge in [-0.3, -0.25) is 14.3 Å². The van der Waals surface area contributed by atoms with E-state index in [1.54, 1.807) is 34.0 Å². The lowest BCUT2D eigenvalue weighted by Gasteiger charge is -2.32. The number of aromatic nitrogens is 3. The van der Waals surface area contributed by atoms with Crippen molar-refractivity contribution >= 4 is 22.8 Å². The molecule has 0 N–H and O–H groups in total. The highest BCUT2D eigenvalue weighted by Crippen LogP contribution is 2.21. The first-order valence-corrected chi connectivity index (χ1v) is 11.1. The first kappa shape index (κ1) is 20.4. The molecule has 9 nitrogen and oxygen atoms in total. The molecule has 2 amide bonds. The molecule has 1 aromatic carbocycles. The molecule has 5 rings (SSSR count). The Hall–Kier alpha value is -3.49. The van der Waals surface area contributed by atoms with Crippen molar-refractivity contribution in [3.8, 4) is 0 Å². The fourth-order valence-electron chi connectivity index (χ4n) is 4.61. The first-order valence-electron chi connectivity index (χ1n) is 11.1. The maximum atomic E-state index is 13.1. The zero-order valence-corrected chi connectivity index (χ0v) is 17.8. The van der Waals surface area contributed by atoms with Crippen LogP contribution in [0.25, 0.3) is 11.0 Å². The Morgan fingerprint density at radius 3 is 2.66 bits per heavy atom. The van der Waals surface area contributed by atoms with Crippen LogP contribution < -0.4 is 5.63 Å². The lowest BCUT2D eigenvalue weighted by molar-refractivity contribution is 0.0655. The summed E-state index contributed by atoms with van der Waals surface area (Å²) in [5.41, 5.74) is 0.279. The Labute approximate surface area is 184 Å². The van der Waals surface area contributed by atoms with Gasteiger partial charge in [-0.2, -0.15) is 0 Å². The molecular formula is C23H25N5O4. The molecule has 2 aliphatic rings. The lowest BCUT2D eigenvalue weighted by Crippen LogP contribution is -2.42. The van der Waals surface area contributed by atoms with Crippen molar-refractivity contribution < 1.29 is 14.0 Å². The normalized spacial score (nSPS) is 18.9. The molecule has 2 saturated heterocycles. The van der Waals surface area contributed by atoms with Crippen molar-refractivity contribution in [2.24, 2.45) is 5.92 Å². The molecule has 4 heterocycles. The highest BCUT2D eigenvalue weighted by atomic mass is 16.4. The summed E-state index contributed by atoms with van der Waals surface area (Å²) < 4.78 is 7.02. The molecule has 0 unspecified atom stereocenters. The third-order valence-corrected chi connectivity index (χ3v) is 6.27. The fourth-order valence-corrected chi connectivity index (χ4v) is 4.61. The average Bonchev–Trinajstić information content (AvgIpc) is 3.50. The van der Waals surface area contributed by atoms with Gasteiger partial charge in [0.1, 0.15) is 11.1 Å². The summed E-state index contributed by atoms with van der Waals surface area (Å²) in [7, 11) is 0. The number of nitrogens with zero attached hydrogens (tertiary/aromatic N) is 5. The van der Waals surface area contributed by atoms with Crippen molar-refractivity contribution in [1.29, 1.82) is 0 Å². The van der Waals surface area contributed by atoms with E-state index in [0.29, 0.717) is 30.9 Å². The van der Waals surface area contributed by atoms with Crippen LogP contribution in [0, 0.1) is 5.92 Å². The van der Waals surface area contributed by atoms with Crippen molar-refractivity contribution in [2.75, 3.05) is 26.2 Å². The van der Waals surface area contributed by atoms with Gasteiger partial charge in [0.2, 0.25) is 0 Å². The minimum atomic E-state index is -0.614. The van der Waals surface area contributed by atoms with E-state index in [1.165, 1.54) is 0 Å². The summed E-state index contributed by atoms with van der Waals surface area (Å²) in [5, 5.41) is 8.91. The standard InChI is InChI=1S/C23H25N5O4/c29-21(18-12-17-7-1-2-8-20(17)32-23(18)31)27-11-5-6-16(13-27)14-28-15-19(24-25-28)22(30)26-9-3-4-10-26/h1-2,7-8,12,15-16H,3-6,9-11,13-14H2/t16-/m1/s1. The van der Waals surface area contributed by atoms with E-state index in [4.69, 9.17) is 4.42 Å². The van der Waals surface area contributed by atoms with Crippen LogP contribution in [0.3, 0.4) is 0 Å². The van der Waals surface area contributed by atoms with Crippen LogP contribution in [0.4, 0.5) is 0 Å². The zero-order valence-electron chi connectivity index (χ0n) is 17.8. The number of amides is 2. The number of rotatable bonds is 4. The monoisotopic (exact) mass is 435 g/mol. The Morgan fingerprint density at radius 1 is 1.03 bits per heavy atom. The summed E-state index contributed by atoms with van der Waals surface area (Å²) in [5.74, 6) is -0.216. The van der Waals surface area contributed by atoms with Crippen molar-refractivity contribution in [2.45, 2.75) is 32.2 Å². The largest absolute Gasteiger partial charge is 0.422 e. The number of benzene rings is 1. The van der Waals surface area contributed by atoms with Crippen LogP contribution in [0.15, 0.2) is 45.7 Å². The topological polar surface area (TPSA) is 102 Å². The molecule has 2 fully saturated rings. The van der Waals surface area contributed by atoms with Crippen LogP contribution in [0.2, 0.25) is 0 Å². The molecule has 0 bridgehead atoms. The van der Waals surface area contributed by atoms with Crippen LogP contribution in [-0.2, 0) is 6.54 Å². The van der Waals surface area contributed by atoms with Gasteiger partial charge in [0, 0.05) is 38.1 Å². The SMILES string of the molecule is O=C(c1cn(C[C@@H]2CCCN(C(=O)c3cc4ccccc4oc3=O)C2)nn1)N1CCCC1. The Morgan fingerprint density at radius 2 is 1.81 bits per heavy atom. The number of hydrogen-bond acceptors (Lipinski definition) is 6. The predicted molar refractivity (Wildman–Crippen MR) is 116 cm³/mol. The minimum absolute atomic E-state index is 0.0589. The van der Waals surface area contributed by atoms with Gasteiger partial charge in [-0.25, -0.2) is 4.79 Å². The van der Waals surface area contributed by atoms with Gasteiger partial charge < -0.3 is 14.2 Å². The van der Waals surface area contributed by atoms with Crippen LogP contribution in [0.5, 0.6) is 0 Å². The first-order chi connectivity index (χ1) is 15.6. The molecule has 9 heteroatoms. The Kier molecular flexibility index (Phi) is 5.46. The molecule has 0 spiro atoms. The van der Waals surface area contributed by atoms with Crippen molar-refractivity contribution in [3.63, 3.8) is 0 Å². The number of likely N-dealkylation sites (tertiary alicyclic amines) is 2. The molecule has 0 aliphatic carbocycles. The molecule has 3 aromatic rings. The van der Waals surface area contributed by atoms with E-state index in [0.717, 1.165) is 44.2 Å². The van der Waals surface area contributed by atoms with E-state index in [1.807, 2.05) is 17.0 Å². The molecule has 166 valence electrons. The minimum Gasteiger partial charge on any atom is -0.422 e. The van der Waals surface area contributed by atoms with Crippen molar-refractivity contribution in [1.82, 2.24) is 24.8 Å². The van der Waals surface area contributed by atoms with E-state index in [-0.39, 0.29) is 23.3 Å². The van der Waals surface area contributed by atoms with Crippen molar-refractivity contribution in [3.05, 3.63) is 58.2 Å². The van der Waals surface area contributed by atoms with Crippen LogP contribution in [0.1, 0.15) is 46.5 Å². The molecule has 2 aliphatic heterocycles. The van der Waals surface area contributed by atoms with Crippen LogP contribution in [-0.4, -0.2) is 62.8 Å². The molecule has 2 aromatic heterocycles.